The Morgan fingerprint density at radius 1 is 0.970 bits per heavy atom. The van der Waals surface area contributed by atoms with E-state index in [9.17, 15) is 13.2 Å². The van der Waals surface area contributed by atoms with Gasteiger partial charge in [-0.05, 0) is 49.4 Å². The van der Waals surface area contributed by atoms with Crippen molar-refractivity contribution in [2.45, 2.75) is 37.5 Å². The summed E-state index contributed by atoms with van der Waals surface area (Å²) in [6, 6.07) is 16.6. The molecular weight excluding hydrogens is 438 g/mol. The van der Waals surface area contributed by atoms with Crippen LogP contribution in [0.5, 0.6) is 0 Å². The SMILES string of the molecule is NC(=[NH2+])c1cccc(N2CCCCN(C3CCN(S(=O)(=O)Cc4ccccc4)CC3)C2=O)c1. The Labute approximate surface area is 195 Å². The highest BCUT2D eigenvalue weighted by atomic mass is 32.2. The summed E-state index contributed by atoms with van der Waals surface area (Å²) < 4.78 is 27.4. The van der Waals surface area contributed by atoms with E-state index in [2.05, 4.69) is 0 Å². The summed E-state index contributed by atoms with van der Waals surface area (Å²) >= 11 is 0. The van der Waals surface area contributed by atoms with Gasteiger partial charge in [-0.1, -0.05) is 36.4 Å². The summed E-state index contributed by atoms with van der Waals surface area (Å²) in [4.78, 5) is 17.2. The molecule has 0 aliphatic carbocycles. The summed E-state index contributed by atoms with van der Waals surface area (Å²) in [6.07, 6.45) is 3.09. The number of hydrogen-bond donors (Lipinski definition) is 2. The van der Waals surface area contributed by atoms with Crippen LogP contribution in [0.15, 0.2) is 54.6 Å². The average molecular weight is 471 g/mol. The van der Waals surface area contributed by atoms with Crippen molar-refractivity contribution in [1.29, 1.82) is 0 Å². The molecule has 0 aromatic heterocycles. The molecule has 176 valence electrons. The second kappa shape index (κ2) is 9.93. The van der Waals surface area contributed by atoms with Gasteiger partial charge in [0.1, 0.15) is 0 Å². The maximum absolute atomic E-state index is 13.5. The zero-order valence-corrected chi connectivity index (χ0v) is 19.6. The molecule has 0 atom stereocenters. The Bertz CT molecular complexity index is 1100. The van der Waals surface area contributed by atoms with E-state index in [1.807, 2.05) is 59.5 Å². The van der Waals surface area contributed by atoms with Gasteiger partial charge in [-0.15, -0.1) is 0 Å². The quantitative estimate of drug-likeness (QED) is 0.487. The Kier molecular flexibility index (Phi) is 6.99. The Morgan fingerprint density at radius 2 is 1.67 bits per heavy atom. The molecule has 2 saturated heterocycles. The number of piperidine rings is 1. The maximum Gasteiger partial charge on any atom is 0.324 e. The number of carbonyl (C=O) groups excluding carboxylic acids is 1. The van der Waals surface area contributed by atoms with Crippen LogP contribution in [0, 0.1) is 0 Å². The van der Waals surface area contributed by atoms with Gasteiger partial charge in [0.25, 0.3) is 5.84 Å². The van der Waals surface area contributed by atoms with Gasteiger partial charge in [0.05, 0.1) is 11.3 Å². The van der Waals surface area contributed by atoms with Crippen LogP contribution < -0.4 is 16.0 Å². The fourth-order valence-electron chi connectivity index (χ4n) is 4.64. The third kappa shape index (κ3) is 5.36. The molecule has 9 heteroatoms. The highest BCUT2D eigenvalue weighted by molar-refractivity contribution is 7.88. The lowest BCUT2D eigenvalue weighted by molar-refractivity contribution is -0.114. The van der Waals surface area contributed by atoms with Crippen molar-refractivity contribution in [2.75, 3.05) is 31.1 Å². The molecule has 4 N–H and O–H groups in total. The molecule has 2 aliphatic heterocycles. The molecule has 2 amide bonds. The molecule has 2 aliphatic rings. The van der Waals surface area contributed by atoms with Gasteiger partial charge in [-0.2, -0.15) is 0 Å². The van der Waals surface area contributed by atoms with Crippen molar-refractivity contribution in [3.05, 3.63) is 65.7 Å². The lowest BCUT2D eigenvalue weighted by Crippen LogP contribution is -2.52. The van der Waals surface area contributed by atoms with E-state index in [1.54, 1.807) is 9.21 Å². The number of rotatable bonds is 6. The summed E-state index contributed by atoms with van der Waals surface area (Å²) in [6.45, 7) is 2.17. The number of benzene rings is 2. The molecule has 2 heterocycles. The van der Waals surface area contributed by atoms with Crippen molar-refractivity contribution < 1.29 is 18.6 Å². The van der Waals surface area contributed by atoms with Crippen molar-refractivity contribution >= 4 is 27.6 Å². The van der Waals surface area contributed by atoms with Crippen LogP contribution in [0.2, 0.25) is 0 Å². The van der Waals surface area contributed by atoms with Crippen LogP contribution >= 0.6 is 0 Å². The highest BCUT2D eigenvalue weighted by Gasteiger charge is 2.35. The van der Waals surface area contributed by atoms with E-state index in [1.165, 1.54) is 0 Å². The fraction of sp³-hybridized carbons (Fsp3) is 0.417. The average Bonchev–Trinajstić information content (AvgIpc) is 3.01. The first-order valence-electron chi connectivity index (χ1n) is 11.4. The lowest BCUT2D eigenvalue weighted by Gasteiger charge is -2.39. The van der Waals surface area contributed by atoms with Crippen LogP contribution in [-0.2, 0) is 15.8 Å². The second-order valence-corrected chi connectivity index (χ2v) is 10.7. The van der Waals surface area contributed by atoms with E-state index in [0.717, 1.165) is 24.1 Å². The van der Waals surface area contributed by atoms with Gasteiger partial charge in [-0.3, -0.25) is 16.0 Å². The summed E-state index contributed by atoms with van der Waals surface area (Å²) in [7, 11) is -3.38. The van der Waals surface area contributed by atoms with E-state index < -0.39 is 10.0 Å². The summed E-state index contributed by atoms with van der Waals surface area (Å²) in [5.41, 5.74) is 8.01. The Morgan fingerprint density at radius 3 is 2.36 bits per heavy atom. The van der Waals surface area contributed by atoms with Gasteiger partial charge in [0, 0.05) is 37.9 Å². The zero-order valence-electron chi connectivity index (χ0n) is 18.8. The minimum atomic E-state index is -3.38. The van der Waals surface area contributed by atoms with Gasteiger partial charge in [0.2, 0.25) is 10.0 Å². The largest absolute Gasteiger partial charge is 0.324 e. The summed E-state index contributed by atoms with van der Waals surface area (Å²) in [5.74, 6) is 0.229. The van der Waals surface area contributed by atoms with Gasteiger partial charge in [-0.25, -0.2) is 17.5 Å². The molecule has 8 nitrogen and oxygen atoms in total. The number of hydrogen-bond acceptors (Lipinski definition) is 3. The number of carbonyl (C=O) groups is 1. The number of sulfonamides is 1. The third-order valence-corrected chi connectivity index (χ3v) is 8.30. The van der Waals surface area contributed by atoms with E-state index >= 15 is 0 Å². The molecule has 33 heavy (non-hydrogen) atoms. The predicted molar refractivity (Wildman–Crippen MR) is 129 cm³/mol. The molecular formula is C24H32N5O3S+. The molecule has 2 aromatic carbocycles. The van der Waals surface area contributed by atoms with E-state index in [0.29, 0.717) is 44.6 Å². The monoisotopic (exact) mass is 470 g/mol. The number of nitrogens with zero attached hydrogens (tertiary/aromatic N) is 3. The first-order valence-corrected chi connectivity index (χ1v) is 13.0. The van der Waals surface area contributed by atoms with Gasteiger partial charge < -0.3 is 4.90 Å². The topological polar surface area (TPSA) is 113 Å². The molecule has 2 fully saturated rings. The van der Waals surface area contributed by atoms with Crippen molar-refractivity contribution in [3.63, 3.8) is 0 Å². The molecule has 0 bridgehead atoms. The number of amidine groups is 1. The van der Waals surface area contributed by atoms with Crippen molar-refractivity contribution in [2.24, 2.45) is 5.73 Å². The molecule has 0 saturated carbocycles. The van der Waals surface area contributed by atoms with Crippen LogP contribution in [-0.4, -0.2) is 61.7 Å². The van der Waals surface area contributed by atoms with E-state index in [4.69, 9.17) is 11.1 Å². The van der Waals surface area contributed by atoms with Crippen LogP contribution in [0.4, 0.5) is 10.5 Å². The van der Waals surface area contributed by atoms with Crippen LogP contribution in [0.1, 0.15) is 36.8 Å². The minimum Gasteiger partial charge on any atom is -0.321 e. The minimum absolute atomic E-state index is 0.00651. The second-order valence-electron chi connectivity index (χ2n) is 8.71. The number of anilines is 1. The Hall–Kier alpha value is -2.91. The number of nitrogens with two attached hydrogens (primary N) is 2. The zero-order chi connectivity index (χ0) is 23.4. The molecule has 0 spiro atoms. The van der Waals surface area contributed by atoms with Gasteiger partial charge >= 0.3 is 6.03 Å². The first-order chi connectivity index (χ1) is 15.8. The lowest BCUT2D eigenvalue weighted by atomic mass is 10.0. The molecule has 4 rings (SSSR count). The van der Waals surface area contributed by atoms with E-state index in [-0.39, 0.29) is 23.7 Å². The maximum atomic E-state index is 13.5. The highest BCUT2D eigenvalue weighted by Crippen LogP contribution is 2.26. The van der Waals surface area contributed by atoms with Crippen LogP contribution in [0.3, 0.4) is 0 Å². The van der Waals surface area contributed by atoms with Crippen LogP contribution in [0.25, 0.3) is 0 Å². The smallest absolute Gasteiger partial charge is 0.321 e. The first kappa shape index (κ1) is 23.3. The van der Waals surface area contributed by atoms with Crippen molar-refractivity contribution in [1.82, 2.24) is 9.21 Å². The third-order valence-electron chi connectivity index (χ3n) is 6.45. The molecule has 2 aromatic rings. The predicted octanol–water partition coefficient (Wildman–Crippen LogP) is 1.17. The number of amides is 2. The molecule has 0 unspecified atom stereocenters. The normalized spacial score (nSPS) is 18.8. The Balaban J connectivity index is 1.43. The van der Waals surface area contributed by atoms with Gasteiger partial charge in [0.15, 0.2) is 0 Å². The van der Waals surface area contributed by atoms with Crippen molar-refractivity contribution in [3.8, 4) is 0 Å². The molecule has 0 radical (unpaired) electrons. The number of urea groups is 1. The fourth-order valence-corrected chi connectivity index (χ4v) is 6.20. The standard InChI is InChI=1S/C24H31N5O3S/c25-23(26)20-9-6-10-22(17-20)29-14-5-4-13-28(24(29)30)21-11-15-27(16-12-21)33(31,32)18-19-7-2-1-3-8-19/h1-3,6-10,17,21H,4-5,11-16,18H2,(H3,25,26)/p+1. The summed E-state index contributed by atoms with van der Waals surface area (Å²) in [5, 5.41) is 5.75.